The number of furan rings is 1. The third kappa shape index (κ3) is 3.52. The highest BCUT2D eigenvalue weighted by Gasteiger charge is 2.25. The van der Waals surface area contributed by atoms with Crippen molar-refractivity contribution in [3.05, 3.63) is 60.1 Å². The molecule has 1 fully saturated rings. The molecule has 1 atom stereocenters. The van der Waals surface area contributed by atoms with Gasteiger partial charge in [-0.25, -0.2) is 0 Å². The van der Waals surface area contributed by atoms with E-state index in [1.165, 1.54) is 18.1 Å². The summed E-state index contributed by atoms with van der Waals surface area (Å²) in [6.07, 6.45) is 5.03. The largest absolute Gasteiger partial charge is 0.472 e. The van der Waals surface area contributed by atoms with Crippen LogP contribution < -0.4 is 0 Å². The van der Waals surface area contributed by atoms with Gasteiger partial charge in [0.15, 0.2) is 0 Å². The molecule has 4 heteroatoms. The van der Waals surface area contributed by atoms with Crippen LogP contribution in [0.1, 0.15) is 22.3 Å². The summed E-state index contributed by atoms with van der Waals surface area (Å²) in [5.41, 5.74) is 1.91. The van der Waals surface area contributed by atoms with Gasteiger partial charge in [0.1, 0.15) is 6.26 Å². The molecule has 1 aromatic heterocycles. The van der Waals surface area contributed by atoms with Crippen molar-refractivity contribution in [1.29, 1.82) is 0 Å². The second-order valence-corrected chi connectivity index (χ2v) is 5.28. The topological polar surface area (TPSA) is 42.7 Å². The third-order valence-corrected chi connectivity index (χ3v) is 3.79. The predicted octanol–water partition coefficient (Wildman–Crippen LogP) is 2.75. The minimum Gasteiger partial charge on any atom is -0.472 e. The summed E-state index contributed by atoms with van der Waals surface area (Å²) in [4.78, 5) is 14.1. The average molecular weight is 285 g/mol. The molecule has 0 radical (unpaired) electrons. The zero-order chi connectivity index (χ0) is 14.5. The first-order valence-corrected chi connectivity index (χ1v) is 7.30. The van der Waals surface area contributed by atoms with E-state index in [0.717, 1.165) is 12.8 Å². The molecule has 0 bridgehead atoms. The van der Waals surface area contributed by atoms with Crippen molar-refractivity contribution in [3.8, 4) is 0 Å². The van der Waals surface area contributed by atoms with Crippen LogP contribution in [-0.4, -0.2) is 36.6 Å². The first-order valence-electron chi connectivity index (χ1n) is 7.30. The Labute approximate surface area is 124 Å². The van der Waals surface area contributed by atoms with Gasteiger partial charge in [-0.3, -0.25) is 4.79 Å². The Balaban J connectivity index is 1.55. The van der Waals surface area contributed by atoms with Gasteiger partial charge in [-0.05, 0) is 24.5 Å². The molecule has 110 valence electrons. The van der Waals surface area contributed by atoms with Gasteiger partial charge >= 0.3 is 0 Å². The standard InChI is InChI=1S/C17H19NO3/c19-17(15-8-10-20-13-15)18-9-11-21-16(12-18)7-6-14-4-2-1-3-5-14/h1-5,8,10,13,16H,6-7,9,11-12H2. The van der Waals surface area contributed by atoms with Crippen molar-refractivity contribution in [2.45, 2.75) is 18.9 Å². The van der Waals surface area contributed by atoms with Gasteiger partial charge in [0.2, 0.25) is 0 Å². The van der Waals surface area contributed by atoms with Crippen molar-refractivity contribution < 1.29 is 13.9 Å². The van der Waals surface area contributed by atoms with E-state index in [4.69, 9.17) is 9.15 Å². The number of hydrogen-bond donors (Lipinski definition) is 0. The molecule has 4 nitrogen and oxygen atoms in total. The van der Waals surface area contributed by atoms with Crippen molar-refractivity contribution in [2.75, 3.05) is 19.7 Å². The van der Waals surface area contributed by atoms with E-state index >= 15 is 0 Å². The molecular weight excluding hydrogens is 266 g/mol. The highest BCUT2D eigenvalue weighted by molar-refractivity contribution is 5.93. The lowest BCUT2D eigenvalue weighted by molar-refractivity contribution is -0.0246. The molecule has 1 aliphatic rings. The Hall–Kier alpha value is -2.07. The number of benzene rings is 1. The molecule has 0 saturated carbocycles. The highest BCUT2D eigenvalue weighted by Crippen LogP contribution is 2.15. The summed E-state index contributed by atoms with van der Waals surface area (Å²) in [5.74, 6) is 0.0248. The highest BCUT2D eigenvalue weighted by atomic mass is 16.5. The van der Waals surface area contributed by atoms with Crippen LogP contribution in [-0.2, 0) is 11.2 Å². The van der Waals surface area contributed by atoms with E-state index in [1.54, 1.807) is 6.07 Å². The zero-order valence-corrected chi connectivity index (χ0v) is 11.9. The Morgan fingerprint density at radius 1 is 1.24 bits per heavy atom. The molecule has 0 spiro atoms. The molecule has 2 heterocycles. The molecule has 21 heavy (non-hydrogen) atoms. The van der Waals surface area contributed by atoms with E-state index in [1.807, 2.05) is 23.1 Å². The van der Waals surface area contributed by atoms with Gasteiger partial charge in [-0.15, -0.1) is 0 Å². The first-order chi connectivity index (χ1) is 10.3. The number of morpholine rings is 1. The summed E-state index contributed by atoms with van der Waals surface area (Å²) < 4.78 is 10.8. The van der Waals surface area contributed by atoms with Gasteiger partial charge in [0.05, 0.1) is 24.5 Å². The molecule has 2 aromatic rings. The van der Waals surface area contributed by atoms with Gasteiger partial charge in [0.25, 0.3) is 5.91 Å². The van der Waals surface area contributed by atoms with E-state index in [-0.39, 0.29) is 12.0 Å². The van der Waals surface area contributed by atoms with Crippen molar-refractivity contribution in [3.63, 3.8) is 0 Å². The molecular formula is C17H19NO3. The van der Waals surface area contributed by atoms with Gasteiger partial charge in [-0.2, -0.15) is 0 Å². The molecule has 0 N–H and O–H groups in total. The second-order valence-electron chi connectivity index (χ2n) is 5.28. The Kier molecular flexibility index (Phi) is 4.36. The molecule has 1 unspecified atom stereocenters. The Morgan fingerprint density at radius 3 is 2.86 bits per heavy atom. The summed E-state index contributed by atoms with van der Waals surface area (Å²) in [5, 5.41) is 0. The van der Waals surface area contributed by atoms with Gasteiger partial charge in [-0.1, -0.05) is 30.3 Å². The lowest BCUT2D eigenvalue weighted by atomic mass is 10.1. The fraction of sp³-hybridized carbons (Fsp3) is 0.353. The van der Waals surface area contributed by atoms with Crippen LogP contribution in [0.2, 0.25) is 0 Å². The summed E-state index contributed by atoms with van der Waals surface area (Å²) in [6.45, 7) is 1.89. The van der Waals surface area contributed by atoms with E-state index in [9.17, 15) is 4.79 Å². The number of amides is 1. The smallest absolute Gasteiger partial charge is 0.257 e. The Bertz CT molecular complexity index is 565. The van der Waals surface area contributed by atoms with E-state index in [2.05, 4.69) is 12.1 Å². The molecule has 1 saturated heterocycles. The van der Waals surface area contributed by atoms with Crippen LogP contribution in [0.25, 0.3) is 0 Å². The second kappa shape index (κ2) is 6.59. The molecule has 0 aliphatic carbocycles. The molecule has 3 rings (SSSR count). The van der Waals surface area contributed by atoms with Crippen LogP contribution >= 0.6 is 0 Å². The van der Waals surface area contributed by atoms with E-state index in [0.29, 0.717) is 25.3 Å². The lowest BCUT2D eigenvalue weighted by Gasteiger charge is -2.32. The number of nitrogens with zero attached hydrogens (tertiary/aromatic N) is 1. The third-order valence-electron chi connectivity index (χ3n) is 3.79. The van der Waals surface area contributed by atoms with E-state index < -0.39 is 0 Å². The molecule has 1 aromatic carbocycles. The maximum absolute atomic E-state index is 12.3. The monoisotopic (exact) mass is 285 g/mol. The lowest BCUT2D eigenvalue weighted by Crippen LogP contribution is -2.45. The van der Waals surface area contributed by atoms with Gasteiger partial charge in [0, 0.05) is 13.1 Å². The van der Waals surface area contributed by atoms with Crippen LogP contribution in [0, 0.1) is 0 Å². The number of rotatable bonds is 4. The normalized spacial score (nSPS) is 18.7. The number of aryl methyl sites for hydroxylation is 1. The number of carbonyl (C=O) groups is 1. The number of hydrogen-bond acceptors (Lipinski definition) is 3. The van der Waals surface area contributed by atoms with Crippen LogP contribution in [0.5, 0.6) is 0 Å². The Morgan fingerprint density at radius 2 is 2.10 bits per heavy atom. The molecule has 1 aliphatic heterocycles. The van der Waals surface area contributed by atoms with Crippen LogP contribution in [0.15, 0.2) is 53.3 Å². The van der Waals surface area contributed by atoms with Crippen LogP contribution in [0.3, 0.4) is 0 Å². The quantitative estimate of drug-likeness (QED) is 0.867. The van der Waals surface area contributed by atoms with Crippen molar-refractivity contribution in [1.82, 2.24) is 4.90 Å². The average Bonchev–Trinajstić information content (AvgIpc) is 3.08. The maximum atomic E-state index is 12.3. The maximum Gasteiger partial charge on any atom is 0.257 e. The van der Waals surface area contributed by atoms with Crippen molar-refractivity contribution in [2.24, 2.45) is 0 Å². The first kappa shape index (κ1) is 13.9. The summed E-state index contributed by atoms with van der Waals surface area (Å²) >= 11 is 0. The zero-order valence-electron chi connectivity index (χ0n) is 11.9. The van der Waals surface area contributed by atoms with Crippen LogP contribution in [0.4, 0.5) is 0 Å². The summed E-state index contributed by atoms with van der Waals surface area (Å²) in [6, 6.07) is 12.1. The fourth-order valence-corrected chi connectivity index (χ4v) is 2.62. The minimum absolute atomic E-state index is 0.0248. The SMILES string of the molecule is O=C(c1ccoc1)N1CCOC(CCc2ccccc2)C1. The summed E-state index contributed by atoms with van der Waals surface area (Å²) in [7, 11) is 0. The van der Waals surface area contributed by atoms with Gasteiger partial charge < -0.3 is 14.1 Å². The number of ether oxygens (including phenoxy) is 1. The minimum atomic E-state index is 0.0248. The predicted molar refractivity (Wildman–Crippen MR) is 79.1 cm³/mol. The van der Waals surface area contributed by atoms with Crippen molar-refractivity contribution >= 4 is 5.91 Å². The molecule has 1 amide bonds. The number of carbonyl (C=O) groups excluding carboxylic acids is 1. The fourth-order valence-electron chi connectivity index (χ4n) is 2.62.